The Bertz CT molecular complexity index is 451. The van der Waals surface area contributed by atoms with Crippen LogP contribution in [0, 0.1) is 5.82 Å². The summed E-state index contributed by atoms with van der Waals surface area (Å²) in [5.41, 5.74) is 0.900. The quantitative estimate of drug-likeness (QED) is 0.652. The number of imide groups is 1. The molecule has 1 heterocycles. The third-order valence-electron chi connectivity index (χ3n) is 2.55. The predicted octanol–water partition coefficient (Wildman–Crippen LogP) is 1.61. The molecule has 0 spiro atoms. The van der Waals surface area contributed by atoms with E-state index in [1.807, 2.05) is 6.07 Å². The molecular weight excluding hydrogens is 255 g/mol. The molecule has 4 nitrogen and oxygen atoms in total. The van der Waals surface area contributed by atoms with Crippen LogP contribution in [-0.2, 0) is 10.5 Å². The van der Waals surface area contributed by atoms with Gasteiger partial charge in [0.1, 0.15) is 5.82 Å². The summed E-state index contributed by atoms with van der Waals surface area (Å²) < 4.78 is 12.9. The van der Waals surface area contributed by atoms with Crippen LogP contribution in [0.25, 0.3) is 0 Å². The second-order valence-electron chi connectivity index (χ2n) is 3.89. The first-order valence-corrected chi connectivity index (χ1v) is 6.72. The number of nitrogens with zero attached hydrogens (tertiary/aromatic N) is 1. The van der Waals surface area contributed by atoms with Crippen LogP contribution in [0.15, 0.2) is 24.3 Å². The van der Waals surface area contributed by atoms with Crippen molar-refractivity contribution in [2.45, 2.75) is 5.75 Å². The molecule has 0 bridgehead atoms. The van der Waals surface area contributed by atoms with Crippen molar-refractivity contribution in [3.8, 4) is 0 Å². The van der Waals surface area contributed by atoms with Gasteiger partial charge in [-0.2, -0.15) is 11.8 Å². The minimum atomic E-state index is -0.327. The number of benzene rings is 1. The van der Waals surface area contributed by atoms with Crippen molar-refractivity contribution in [3.05, 3.63) is 35.6 Å². The Morgan fingerprint density at radius 3 is 2.89 bits per heavy atom. The fourth-order valence-electron chi connectivity index (χ4n) is 1.65. The first-order valence-electron chi connectivity index (χ1n) is 5.57. The molecule has 0 aliphatic carbocycles. The summed E-state index contributed by atoms with van der Waals surface area (Å²) in [6.07, 6.45) is 0. The monoisotopic (exact) mass is 268 g/mol. The minimum Gasteiger partial charge on any atom is -0.329 e. The van der Waals surface area contributed by atoms with Crippen molar-refractivity contribution in [1.82, 2.24) is 10.2 Å². The molecule has 0 unspecified atom stereocenters. The Morgan fingerprint density at radius 2 is 2.22 bits per heavy atom. The lowest BCUT2D eigenvalue weighted by atomic mass is 10.2. The summed E-state index contributed by atoms with van der Waals surface area (Å²) in [5.74, 6) is 0.880. The van der Waals surface area contributed by atoms with Gasteiger partial charge in [0.25, 0.3) is 0 Å². The van der Waals surface area contributed by atoms with Gasteiger partial charge in [-0.25, -0.2) is 9.18 Å². The van der Waals surface area contributed by atoms with Crippen molar-refractivity contribution in [2.75, 3.05) is 18.8 Å². The molecule has 1 saturated heterocycles. The van der Waals surface area contributed by atoms with Crippen LogP contribution >= 0.6 is 11.8 Å². The van der Waals surface area contributed by atoms with Gasteiger partial charge in [0.2, 0.25) is 5.91 Å². The molecule has 1 aromatic carbocycles. The van der Waals surface area contributed by atoms with Gasteiger partial charge in [-0.3, -0.25) is 9.69 Å². The summed E-state index contributed by atoms with van der Waals surface area (Å²) in [7, 11) is 0. The van der Waals surface area contributed by atoms with E-state index in [9.17, 15) is 14.0 Å². The Hall–Kier alpha value is -1.56. The lowest BCUT2D eigenvalue weighted by molar-refractivity contribution is -0.124. The van der Waals surface area contributed by atoms with Gasteiger partial charge in [0.05, 0.1) is 6.54 Å². The van der Waals surface area contributed by atoms with Crippen molar-refractivity contribution in [3.63, 3.8) is 0 Å². The molecule has 96 valence electrons. The number of thioether (sulfide) groups is 1. The summed E-state index contributed by atoms with van der Waals surface area (Å²) in [5, 5.41) is 2.46. The molecule has 18 heavy (non-hydrogen) atoms. The molecule has 6 heteroatoms. The van der Waals surface area contributed by atoms with Crippen LogP contribution < -0.4 is 5.32 Å². The number of amides is 3. The lowest BCUT2D eigenvalue weighted by Gasteiger charge is -2.11. The molecule has 2 rings (SSSR count). The highest BCUT2D eigenvalue weighted by molar-refractivity contribution is 7.98. The van der Waals surface area contributed by atoms with Gasteiger partial charge in [-0.15, -0.1) is 0 Å². The maximum absolute atomic E-state index is 12.9. The van der Waals surface area contributed by atoms with Gasteiger partial charge < -0.3 is 5.32 Å². The molecule has 1 aromatic rings. The van der Waals surface area contributed by atoms with E-state index < -0.39 is 0 Å². The third-order valence-corrected chi connectivity index (χ3v) is 3.56. The van der Waals surface area contributed by atoms with E-state index in [-0.39, 0.29) is 24.3 Å². The van der Waals surface area contributed by atoms with E-state index in [0.717, 1.165) is 5.56 Å². The topological polar surface area (TPSA) is 49.4 Å². The van der Waals surface area contributed by atoms with E-state index >= 15 is 0 Å². The second kappa shape index (κ2) is 5.86. The van der Waals surface area contributed by atoms with Gasteiger partial charge in [0.15, 0.2) is 0 Å². The summed E-state index contributed by atoms with van der Waals surface area (Å²) >= 11 is 1.57. The van der Waals surface area contributed by atoms with Crippen LogP contribution in [-0.4, -0.2) is 35.7 Å². The average Bonchev–Trinajstić information content (AvgIpc) is 2.66. The molecule has 1 fully saturated rings. The highest BCUT2D eigenvalue weighted by atomic mass is 32.2. The zero-order chi connectivity index (χ0) is 13.0. The van der Waals surface area contributed by atoms with Crippen LogP contribution in [0.3, 0.4) is 0 Å². The Kier molecular flexibility index (Phi) is 4.19. The van der Waals surface area contributed by atoms with E-state index in [1.165, 1.54) is 17.0 Å². The van der Waals surface area contributed by atoms with Crippen molar-refractivity contribution in [1.29, 1.82) is 0 Å². The molecule has 1 aliphatic heterocycles. The van der Waals surface area contributed by atoms with Gasteiger partial charge in [0, 0.05) is 18.1 Å². The van der Waals surface area contributed by atoms with Gasteiger partial charge >= 0.3 is 6.03 Å². The largest absolute Gasteiger partial charge is 0.329 e. The normalized spacial score (nSPS) is 15.1. The van der Waals surface area contributed by atoms with Crippen LogP contribution in [0.2, 0.25) is 0 Å². The van der Waals surface area contributed by atoms with Crippen molar-refractivity contribution < 1.29 is 14.0 Å². The first kappa shape index (κ1) is 12.9. The SMILES string of the molecule is O=C1CNC(=O)N1CCSCc1cccc(F)c1. The molecule has 3 amide bonds. The van der Waals surface area contributed by atoms with Gasteiger partial charge in [-0.05, 0) is 17.7 Å². The molecule has 1 aliphatic rings. The number of carbonyl (C=O) groups is 2. The number of hydrogen-bond donors (Lipinski definition) is 1. The molecule has 0 atom stereocenters. The number of nitrogens with one attached hydrogen (secondary N) is 1. The van der Waals surface area contributed by atoms with E-state index in [1.54, 1.807) is 17.8 Å². The highest BCUT2D eigenvalue weighted by Crippen LogP contribution is 2.13. The third kappa shape index (κ3) is 3.22. The van der Waals surface area contributed by atoms with Crippen LogP contribution in [0.4, 0.5) is 9.18 Å². The maximum atomic E-state index is 12.9. The van der Waals surface area contributed by atoms with E-state index in [0.29, 0.717) is 18.1 Å². The summed E-state index contributed by atoms with van der Waals surface area (Å²) in [4.78, 5) is 23.7. The van der Waals surface area contributed by atoms with Crippen LogP contribution in [0.1, 0.15) is 5.56 Å². The van der Waals surface area contributed by atoms with E-state index in [2.05, 4.69) is 5.32 Å². The highest BCUT2D eigenvalue weighted by Gasteiger charge is 2.27. The number of halogens is 1. The Morgan fingerprint density at radius 1 is 1.39 bits per heavy atom. The standard InChI is InChI=1S/C12H13FN2O2S/c13-10-3-1-2-9(6-10)8-18-5-4-15-11(16)7-14-12(15)17/h1-3,6H,4-5,7-8H2,(H,14,17). The molecule has 0 radical (unpaired) electrons. The molecule has 1 N–H and O–H groups in total. The average molecular weight is 268 g/mol. The predicted molar refractivity (Wildman–Crippen MR) is 67.7 cm³/mol. The van der Waals surface area contributed by atoms with Crippen LogP contribution in [0.5, 0.6) is 0 Å². The van der Waals surface area contributed by atoms with Gasteiger partial charge in [-0.1, -0.05) is 12.1 Å². The smallest absolute Gasteiger partial charge is 0.324 e. The number of urea groups is 1. The fourth-order valence-corrected chi connectivity index (χ4v) is 2.53. The molecular formula is C12H13FN2O2S. The Balaban J connectivity index is 1.73. The van der Waals surface area contributed by atoms with Crippen molar-refractivity contribution in [2.24, 2.45) is 0 Å². The molecule has 0 aromatic heterocycles. The zero-order valence-corrected chi connectivity index (χ0v) is 10.5. The lowest BCUT2D eigenvalue weighted by Crippen LogP contribution is -2.32. The Labute approximate surface area is 109 Å². The number of rotatable bonds is 5. The second-order valence-corrected chi connectivity index (χ2v) is 4.99. The minimum absolute atomic E-state index is 0.0907. The summed E-state index contributed by atoms with van der Waals surface area (Å²) in [6.45, 7) is 0.484. The number of hydrogen-bond acceptors (Lipinski definition) is 3. The maximum Gasteiger partial charge on any atom is 0.324 e. The first-order chi connectivity index (χ1) is 8.66. The fraction of sp³-hybridized carbons (Fsp3) is 0.333. The van der Waals surface area contributed by atoms with E-state index in [4.69, 9.17) is 0 Å². The summed E-state index contributed by atoms with van der Waals surface area (Å²) in [6, 6.07) is 6.08. The number of carbonyl (C=O) groups excluding carboxylic acids is 2. The zero-order valence-electron chi connectivity index (χ0n) is 9.69. The molecule has 0 saturated carbocycles. The van der Waals surface area contributed by atoms with Crippen molar-refractivity contribution >= 4 is 23.7 Å².